The maximum Gasteiger partial charge on any atom is 0.226 e. The van der Waals surface area contributed by atoms with Gasteiger partial charge >= 0.3 is 0 Å². The first kappa shape index (κ1) is 20.1. The number of aromatic nitrogens is 1. The molecule has 26 heavy (non-hydrogen) atoms. The number of amides is 2. The van der Waals surface area contributed by atoms with Crippen LogP contribution in [0.2, 0.25) is 0 Å². The Balaban J connectivity index is 1.61. The van der Waals surface area contributed by atoms with Gasteiger partial charge in [-0.2, -0.15) is 0 Å². The lowest BCUT2D eigenvalue weighted by molar-refractivity contribution is -0.121. The normalized spacial score (nSPS) is 10.7. The lowest BCUT2D eigenvalue weighted by Gasteiger charge is -2.07. The zero-order valence-electron chi connectivity index (χ0n) is 15.5. The quantitative estimate of drug-likeness (QED) is 0.597. The summed E-state index contributed by atoms with van der Waals surface area (Å²) in [6.45, 7) is 3.92. The van der Waals surface area contributed by atoms with E-state index in [0.717, 1.165) is 36.9 Å². The van der Waals surface area contributed by atoms with Crippen LogP contribution in [0.1, 0.15) is 52.4 Å². The zero-order chi connectivity index (χ0) is 18.8. The minimum atomic E-state index is -0.00323. The summed E-state index contributed by atoms with van der Waals surface area (Å²) in [6.07, 6.45) is 4.66. The second-order valence-corrected chi connectivity index (χ2v) is 7.45. The number of hydrogen-bond acceptors (Lipinski definition) is 4. The van der Waals surface area contributed by atoms with Crippen LogP contribution in [0.5, 0.6) is 0 Å². The highest BCUT2D eigenvalue weighted by Crippen LogP contribution is 2.24. The molecular formula is C20H27N3O2S. The molecule has 0 atom stereocenters. The highest BCUT2D eigenvalue weighted by molar-refractivity contribution is 7.14. The summed E-state index contributed by atoms with van der Waals surface area (Å²) in [6, 6.07) is 10.1. The lowest BCUT2D eigenvalue weighted by atomic mass is 10.1. The predicted molar refractivity (Wildman–Crippen MR) is 107 cm³/mol. The van der Waals surface area contributed by atoms with Gasteiger partial charge in [0.15, 0.2) is 5.13 Å². The Hall–Kier alpha value is -2.21. The second-order valence-electron chi connectivity index (χ2n) is 6.59. The number of carbonyl (C=O) groups is 2. The fraction of sp³-hybridized carbons (Fsp3) is 0.450. The molecule has 0 saturated heterocycles. The number of nitrogens with zero attached hydrogens (tertiary/aromatic N) is 1. The first-order chi connectivity index (χ1) is 12.5. The summed E-state index contributed by atoms with van der Waals surface area (Å²) in [7, 11) is 0. The third-order valence-electron chi connectivity index (χ3n) is 3.83. The van der Waals surface area contributed by atoms with Crippen molar-refractivity contribution in [3.05, 3.63) is 35.7 Å². The van der Waals surface area contributed by atoms with Gasteiger partial charge in [-0.25, -0.2) is 4.98 Å². The first-order valence-corrected chi connectivity index (χ1v) is 10.0. The van der Waals surface area contributed by atoms with Gasteiger partial charge in [0.25, 0.3) is 0 Å². The van der Waals surface area contributed by atoms with Gasteiger partial charge < -0.3 is 10.6 Å². The van der Waals surface area contributed by atoms with Crippen LogP contribution in [0.25, 0.3) is 11.3 Å². The van der Waals surface area contributed by atoms with Crippen LogP contribution >= 0.6 is 11.3 Å². The molecule has 0 aliphatic heterocycles. The summed E-state index contributed by atoms with van der Waals surface area (Å²) in [5, 5.41) is 8.34. The summed E-state index contributed by atoms with van der Waals surface area (Å²) in [5.41, 5.74) is 1.93. The number of thiazole rings is 1. The van der Waals surface area contributed by atoms with Crippen molar-refractivity contribution in [1.29, 1.82) is 0 Å². The molecule has 2 N–H and O–H groups in total. The summed E-state index contributed by atoms with van der Waals surface area (Å²) >= 11 is 1.44. The van der Waals surface area contributed by atoms with Crippen LogP contribution in [0.3, 0.4) is 0 Å². The Bertz CT molecular complexity index is 698. The first-order valence-electron chi connectivity index (χ1n) is 9.15. The van der Waals surface area contributed by atoms with Crippen molar-refractivity contribution in [2.75, 3.05) is 5.32 Å². The Morgan fingerprint density at radius 3 is 2.31 bits per heavy atom. The Kier molecular flexibility index (Phi) is 8.28. The smallest absolute Gasteiger partial charge is 0.226 e. The standard InChI is InChI=1S/C20H27N3O2S/c1-15(2)21-18(24)12-8-3-4-9-13-19(25)23-20-22-17(14-26-20)16-10-6-5-7-11-16/h5-7,10-11,14-15H,3-4,8-9,12-13H2,1-2H3,(H,21,24)(H,22,23,25). The molecule has 0 aliphatic rings. The van der Waals surface area contributed by atoms with E-state index in [4.69, 9.17) is 0 Å². The molecule has 0 bridgehead atoms. The van der Waals surface area contributed by atoms with Gasteiger partial charge in [0.1, 0.15) is 0 Å². The third-order valence-corrected chi connectivity index (χ3v) is 4.59. The van der Waals surface area contributed by atoms with E-state index < -0.39 is 0 Å². The Morgan fingerprint density at radius 1 is 1.00 bits per heavy atom. The summed E-state index contributed by atoms with van der Waals surface area (Å²) in [5.74, 6) is 0.104. The van der Waals surface area contributed by atoms with Crippen molar-refractivity contribution in [1.82, 2.24) is 10.3 Å². The van der Waals surface area contributed by atoms with Gasteiger partial charge in [-0.1, -0.05) is 43.2 Å². The third kappa shape index (κ3) is 7.35. The van der Waals surface area contributed by atoms with Crippen LogP contribution < -0.4 is 10.6 Å². The number of hydrogen-bond donors (Lipinski definition) is 2. The van der Waals surface area contributed by atoms with E-state index in [1.807, 2.05) is 49.6 Å². The van der Waals surface area contributed by atoms with Crippen LogP contribution in [-0.4, -0.2) is 22.8 Å². The SMILES string of the molecule is CC(C)NC(=O)CCCCCCC(=O)Nc1nc(-c2ccccc2)cs1. The highest BCUT2D eigenvalue weighted by Gasteiger charge is 2.08. The van der Waals surface area contributed by atoms with Crippen LogP contribution in [-0.2, 0) is 9.59 Å². The number of rotatable bonds is 10. The average Bonchev–Trinajstić information content (AvgIpc) is 3.06. The molecule has 0 aliphatic carbocycles. The van der Waals surface area contributed by atoms with E-state index in [1.165, 1.54) is 11.3 Å². The predicted octanol–water partition coefficient (Wildman–Crippen LogP) is 4.61. The highest BCUT2D eigenvalue weighted by atomic mass is 32.1. The van der Waals surface area contributed by atoms with E-state index in [9.17, 15) is 9.59 Å². The molecule has 1 aromatic heterocycles. The van der Waals surface area contributed by atoms with Crippen molar-refractivity contribution in [2.45, 2.75) is 58.4 Å². The van der Waals surface area contributed by atoms with Crippen LogP contribution in [0.4, 0.5) is 5.13 Å². The van der Waals surface area contributed by atoms with Crippen LogP contribution in [0, 0.1) is 0 Å². The molecule has 6 heteroatoms. The fourth-order valence-electron chi connectivity index (χ4n) is 2.57. The van der Waals surface area contributed by atoms with Gasteiger partial charge in [-0.05, 0) is 26.7 Å². The van der Waals surface area contributed by atoms with Crippen molar-refractivity contribution >= 4 is 28.3 Å². The molecule has 0 fully saturated rings. The van der Waals surface area contributed by atoms with Gasteiger partial charge in [-0.15, -0.1) is 11.3 Å². The van der Waals surface area contributed by atoms with Crippen molar-refractivity contribution in [3.8, 4) is 11.3 Å². The molecule has 0 unspecified atom stereocenters. The molecular weight excluding hydrogens is 346 g/mol. The zero-order valence-corrected chi connectivity index (χ0v) is 16.3. The molecule has 0 saturated carbocycles. The van der Waals surface area contributed by atoms with Crippen molar-refractivity contribution in [2.24, 2.45) is 0 Å². The molecule has 2 aromatic rings. The fourth-order valence-corrected chi connectivity index (χ4v) is 3.31. The number of unbranched alkanes of at least 4 members (excludes halogenated alkanes) is 3. The molecule has 5 nitrogen and oxygen atoms in total. The summed E-state index contributed by atoms with van der Waals surface area (Å²) < 4.78 is 0. The monoisotopic (exact) mass is 373 g/mol. The molecule has 2 rings (SSSR count). The molecule has 1 aromatic carbocycles. The minimum absolute atomic E-state index is 0.00323. The van der Waals surface area contributed by atoms with E-state index in [2.05, 4.69) is 15.6 Å². The van der Waals surface area contributed by atoms with E-state index in [1.54, 1.807) is 0 Å². The van der Waals surface area contributed by atoms with Gasteiger partial charge in [0.2, 0.25) is 11.8 Å². The Labute approximate surface area is 159 Å². The Morgan fingerprint density at radius 2 is 1.65 bits per heavy atom. The van der Waals surface area contributed by atoms with E-state index in [0.29, 0.717) is 18.0 Å². The molecule has 1 heterocycles. The number of nitrogens with one attached hydrogen (secondary N) is 2. The minimum Gasteiger partial charge on any atom is -0.354 e. The van der Waals surface area contributed by atoms with E-state index in [-0.39, 0.29) is 17.9 Å². The molecule has 0 spiro atoms. The van der Waals surface area contributed by atoms with E-state index >= 15 is 0 Å². The van der Waals surface area contributed by atoms with Crippen molar-refractivity contribution in [3.63, 3.8) is 0 Å². The number of benzene rings is 1. The summed E-state index contributed by atoms with van der Waals surface area (Å²) in [4.78, 5) is 28.0. The second kappa shape index (κ2) is 10.7. The van der Waals surface area contributed by atoms with Gasteiger partial charge in [0, 0.05) is 29.8 Å². The van der Waals surface area contributed by atoms with Gasteiger partial charge in [0.05, 0.1) is 5.69 Å². The van der Waals surface area contributed by atoms with Crippen molar-refractivity contribution < 1.29 is 9.59 Å². The maximum absolute atomic E-state index is 12.0. The lowest BCUT2D eigenvalue weighted by Crippen LogP contribution is -2.29. The average molecular weight is 374 g/mol. The van der Waals surface area contributed by atoms with Gasteiger partial charge in [-0.3, -0.25) is 9.59 Å². The largest absolute Gasteiger partial charge is 0.354 e. The number of carbonyl (C=O) groups excluding carboxylic acids is 2. The van der Waals surface area contributed by atoms with Crippen LogP contribution in [0.15, 0.2) is 35.7 Å². The molecule has 0 radical (unpaired) electrons. The maximum atomic E-state index is 12.0. The topological polar surface area (TPSA) is 71.1 Å². The molecule has 140 valence electrons. The molecule has 2 amide bonds. The number of anilines is 1.